The molecule has 3 heteroatoms. The zero-order chi connectivity index (χ0) is 11.5. The van der Waals surface area contributed by atoms with Crippen LogP contribution in [-0.2, 0) is 0 Å². The van der Waals surface area contributed by atoms with E-state index < -0.39 is 0 Å². The Bertz CT molecular complexity index is 359. The third kappa shape index (κ3) is 2.65. The monoisotopic (exact) mass is 282 g/mol. The lowest BCUT2D eigenvalue weighted by Gasteiger charge is -2.29. The smallest absolute Gasteiger partial charge is 0.0335 e. The molecule has 1 aliphatic rings. The first kappa shape index (κ1) is 12.1. The van der Waals surface area contributed by atoms with Crippen molar-refractivity contribution >= 4 is 15.9 Å². The number of nitrogens with one attached hydrogen (secondary N) is 1. The van der Waals surface area contributed by atoms with Crippen LogP contribution in [0, 0.1) is 12.8 Å². The predicted molar refractivity (Wildman–Crippen MR) is 71.4 cm³/mol. The number of hydrogen-bond acceptors (Lipinski definition) is 2. The first-order chi connectivity index (χ1) is 7.68. The SMILES string of the molecule is Cc1ccc([C@H](N)C2CCNCC2)c(Br)c1. The molecule has 1 aromatic carbocycles. The van der Waals surface area contributed by atoms with E-state index in [1.165, 1.54) is 24.0 Å². The summed E-state index contributed by atoms with van der Waals surface area (Å²) in [6.07, 6.45) is 2.36. The van der Waals surface area contributed by atoms with Gasteiger partial charge in [-0.1, -0.05) is 28.1 Å². The summed E-state index contributed by atoms with van der Waals surface area (Å²) >= 11 is 3.62. The minimum absolute atomic E-state index is 0.164. The molecule has 0 amide bonds. The summed E-state index contributed by atoms with van der Waals surface area (Å²) in [6.45, 7) is 4.30. The van der Waals surface area contributed by atoms with Gasteiger partial charge in [-0.05, 0) is 56.0 Å². The van der Waals surface area contributed by atoms with E-state index in [9.17, 15) is 0 Å². The molecular formula is C13H19BrN2. The summed E-state index contributed by atoms with van der Waals surface area (Å²) in [7, 11) is 0. The molecule has 0 aliphatic carbocycles. The second-order valence-electron chi connectivity index (χ2n) is 4.64. The first-order valence-corrected chi connectivity index (χ1v) is 6.70. The minimum atomic E-state index is 0.164. The lowest BCUT2D eigenvalue weighted by atomic mass is 9.86. The molecule has 0 unspecified atom stereocenters. The zero-order valence-corrected chi connectivity index (χ0v) is 11.3. The van der Waals surface area contributed by atoms with Gasteiger partial charge in [0.15, 0.2) is 0 Å². The van der Waals surface area contributed by atoms with Gasteiger partial charge in [0, 0.05) is 10.5 Å². The maximum Gasteiger partial charge on any atom is 0.0335 e. The van der Waals surface area contributed by atoms with E-state index in [1.54, 1.807) is 0 Å². The van der Waals surface area contributed by atoms with Crippen LogP contribution < -0.4 is 11.1 Å². The van der Waals surface area contributed by atoms with Gasteiger partial charge in [-0.3, -0.25) is 0 Å². The predicted octanol–water partition coefficient (Wildman–Crippen LogP) is 2.76. The van der Waals surface area contributed by atoms with Gasteiger partial charge in [0.05, 0.1) is 0 Å². The molecule has 1 fully saturated rings. The number of benzene rings is 1. The molecule has 16 heavy (non-hydrogen) atoms. The van der Waals surface area contributed by atoms with Crippen molar-refractivity contribution in [2.45, 2.75) is 25.8 Å². The van der Waals surface area contributed by atoms with Crippen molar-refractivity contribution in [3.8, 4) is 0 Å². The maximum absolute atomic E-state index is 6.36. The van der Waals surface area contributed by atoms with Crippen molar-refractivity contribution in [1.82, 2.24) is 5.32 Å². The third-order valence-corrected chi connectivity index (χ3v) is 4.09. The normalized spacial score (nSPS) is 19.7. The molecule has 1 aliphatic heterocycles. The van der Waals surface area contributed by atoms with Crippen LogP contribution in [0.15, 0.2) is 22.7 Å². The number of piperidine rings is 1. The van der Waals surface area contributed by atoms with E-state index in [1.807, 2.05) is 0 Å². The molecule has 0 radical (unpaired) electrons. The highest BCUT2D eigenvalue weighted by Gasteiger charge is 2.22. The summed E-state index contributed by atoms with van der Waals surface area (Å²) in [6, 6.07) is 6.61. The van der Waals surface area contributed by atoms with Gasteiger partial charge < -0.3 is 11.1 Å². The fraction of sp³-hybridized carbons (Fsp3) is 0.538. The van der Waals surface area contributed by atoms with Crippen LogP contribution >= 0.6 is 15.9 Å². The van der Waals surface area contributed by atoms with Gasteiger partial charge in [0.2, 0.25) is 0 Å². The standard InChI is InChI=1S/C13H19BrN2/c1-9-2-3-11(12(14)8-9)13(15)10-4-6-16-7-5-10/h2-3,8,10,13,16H,4-7,15H2,1H3/t13-/m1/s1. The van der Waals surface area contributed by atoms with E-state index in [-0.39, 0.29) is 6.04 Å². The summed E-state index contributed by atoms with van der Waals surface area (Å²) in [5, 5.41) is 3.38. The van der Waals surface area contributed by atoms with E-state index >= 15 is 0 Å². The number of rotatable bonds is 2. The molecule has 2 nitrogen and oxygen atoms in total. The van der Waals surface area contributed by atoms with Gasteiger partial charge in [0.25, 0.3) is 0 Å². The zero-order valence-electron chi connectivity index (χ0n) is 9.67. The van der Waals surface area contributed by atoms with Crippen LogP contribution in [0.5, 0.6) is 0 Å². The Labute approximate surface area is 106 Å². The van der Waals surface area contributed by atoms with Crippen molar-refractivity contribution in [1.29, 1.82) is 0 Å². The molecule has 0 bridgehead atoms. The van der Waals surface area contributed by atoms with Gasteiger partial charge in [-0.25, -0.2) is 0 Å². The van der Waals surface area contributed by atoms with Crippen molar-refractivity contribution in [2.75, 3.05) is 13.1 Å². The molecule has 1 saturated heterocycles. The second kappa shape index (κ2) is 5.30. The van der Waals surface area contributed by atoms with E-state index in [4.69, 9.17) is 5.73 Å². The Balaban J connectivity index is 2.15. The Kier molecular flexibility index (Phi) is 4.00. The van der Waals surface area contributed by atoms with Crippen LogP contribution in [0.3, 0.4) is 0 Å². The molecule has 2 rings (SSSR count). The first-order valence-electron chi connectivity index (χ1n) is 5.91. The van der Waals surface area contributed by atoms with Crippen molar-refractivity contribution in [3.05, 3.63) is 33.8 Å². The Hall–Kier alpha value is -0.380. The van der Waals surface area contributed by atoms with E-state index in [0.717, 1.165) is 17.6 Å². The molecule has 88 valence electrons. The quantitative estimate of drug-likeness (QED) is 0.876. The van der Waals surface area contributed by atoms with Crippen molar-refractivity contribution in [2.24, 2.45) is 11.7 Å². The van der Waals surface area contributed by atoms with Crippen LogP contribution in [0.1, 0.15) is 30.0 Å². The number of nitrogens with two attached hydrogens (primary N) is 1. The molecule has 1 aromatic rings. The molecule has 0 aromatic heterocycles. The Morgan fingerprint density at radius 3 is 2.69 bits per heavy atom. The lowest BCUT2D eigenvalue weighted by Crippen LogP contribution is -2.33. The summed E-state index contributed by atoms with van der Waals surface area (Å²) in [4.78, 5) is 0. The fourth-order valence-electron chi connectivity index (χ4n) is 2.36. The Morgan fingerprint density at radius 2 is 2.06 bits per heavy atom. The second-order valence-corrected chi connectivity index (χ2v) is 5.49. The lowest BCUT2D eigenvalue weighted by molar-refractivity contribution is 0.321. The molecule has 1 heterocycles. The fourth-order valence-corrected chi connectivity index (χ4v) is 3.12. The third-order valence-electron chi connectivity index (χ3n) is 3.41. The minimum Gasteiger partial charge on any atom is -0.324 e. The number of halogens is 1. The average Bonchev–Trinajstić information content (AvgIpc) is 2.29. The molecule has 3 N–H and O–H groups in total. The van der Waals surface area contributed by atoms with Gasteiger partial charge in [-0.2, -0.15) is 0 Å². The maximum atomic E-state index is 6.36. The largest absolute Gasteiger partial charge is 0.324 e. The molecule has 1 atom stereocenters. The van der Waals surface area contributed by atoms with Crippen molar-refractivity contribution in [3.63, 3.8) is 0 Å². The van der Waals surface area contributed by atoms with Crippen LogP contribution in [0.4, 0.5) is 0 Å². The van der Waals surface area contributed by atoms with Crippen LogP contribution in [-0.4, -0.2) is 13.1 Å². The van der Waals surface area contributed by atoms with E-state index in [2.05, 4.69) is 46.4 Å². The number of aryl methyl sites for hydroxylation is 1. The van der Waals surface area contributed by atoms with Gasteiger partial charge in [-0.15, -0.1) is 0 Å². The van der Waals surface area contributed by atoms with E-state index in [0.29, 0.717) is 5.92 Å². The highest BCUT2D eigenvalue weighted by molar-refractivity contribution is 9.10. The van der Waals surface area contributed by atoms with Gasteiger partial charge >= 0.3 is 0 Å². The summed E-state index contributed by atoms with van der Waals surface area (Å²) < 4.78 is 1.15. The highest BCUT2D eigenvalue weighted by Crippen LogP contribution is 2.31. The molecule has 0 spiro atoms. The number of hydrogen-bond donors (Lipinski definition) is 2. The molecular weight excluding hydrogens is 264 g/mol. The summed E-state index contributed by atoms with van der Waals surface area (Å²) in [5.41, 5.74) is 8.88. The average molecular weight is 283 g/mol. The molecule has 0 saturated carbocycles. The van der Waals surface area contributed by atoms with Gasteiger partial charge in [0.1, 0.15) is 0 Å². The van der Waals surface area contributed by atoms with Crippen molar-refractivity contribution < 1.29 is 0 Å². The Morgan fingerprint density at radius 1 is 1.38 bits per heavy atom. The topological polar surface area (TPSA) is 38.0 Å². The van der Waals surface area contributed by atoms with Crippen LogP contribution in [0.25, 0.3) is 0 Å². The summed E-state index contributed by atoms with van der Waals surface area (Å²) in [5.74, 6) is 0.611. The highest BCUT2D eigenvalue weighted by atomic mass is 79.9. The van der Waals surface area contributed by atoms with Crippen LogP contribution in [0.2, 0.25) is 0 Å².